The topological polar surface area (TPSA) is 34.1 Å². The van der Waals surface area contributed by atoms with Crippen LogP contribution in [0, 0.1) is 12.8 Å². The Labute approximate surface area is 117 Å². The van der Waals surface area contributed by atoms with Crippen molar-refractivity contribution in [3.63, 3.8) is 0 Å². The maximum atomic E-state index is 6.14. The Balaban J connectivity index is 2.79. The van der Waals surface area contributed by atoms with E-state index < -0.39 is 0 Å². The van der Waals surface area contributed by atoms with E-state index in [2.05, 4.69) is 44.9 Å². The fourth-order valence-corrected chi connectivity index (χ4v) is 1.66. The van der Waals surface area contributed by atoms with Gasteiger partial charge in [0, 0.05) is 30.1 Å². The summed E-state index contributed by atoms with van der Waals surface area (Å²) in [6.45, 7) is 14.6. The second-order valence-corrected chi connectivity index (χ2v) is 6.17. The Morgan fingerprint density at radius 1 is 1.37 bits per heavy atom. The van der Waals surface area contributed by atoms with Crippen LogP contribution in [0.4, 0.5) is 0 Å². The number of hydrogen-bond acceptors (Lipinski definition) is 3. The summed E-state index contributed by atoms with van der Waals surface area (Å²) in [6, 6.07) is 2.03. The molecule has 1 aromatic heterocycles. The second kappa shape index (κ2) is 6.90. The highest BCUT2D eigenvalue weighted by Gasteiger charge is 2.19. The molecule has 0 saturated carbocycles. The molecule has 3 nitrogen and oxygen atoms in total. The molecule has 0 spiro atoms. The zero-order chi connectivity index (χ0) is 14.5. The van der Waals surface area contributed by atoms with E-state index in [1.807, 2.05) is 19.2 Å². The first-order valence-electron chi connectivity index (χ1n) is 7.19. The van der Waals surface area contributed by atoms with Crippen LogP contribution in [-0.4, -0.2) is 17.1 Å². The van der Waals surface area contributed by atoms with Crippen molar-refractivity contribution in [2.24, 2.45) is 5.92 Å². The largest absolute Gasteiger partial charge is 0.487 e. The van der Waals surface area contributed by atoms with Crippen molar-refractivity contribution in [2.75, 3.05) is 6.54 Å². The first-order chi connectivity index (χ1) is 8.84. The zero-order valence-electron chi connectivity index (χ0n) is 13.2. The molecule has 0 amide bonds. The second-order valence-electron chi connectivity index (χ2n) is 6.17. The highest BCUT2D eigenvalue weighted by Crippen LogP contribution is 2.25. The zero-order valence-corrected chi connectivity index (χ0v) is 13.2. The maximum Gasteiger partial charge on any atom is 0.127 e. The summed E-state index contributed by atoms with van der Waals surface area (Å²) in [5, 5.41) is 3.44. The lowest BCUT2D eigenvalue weighted by atomic mass is 10.1. The van der Waals surface area contributed by atoms with Crippen LogP contribution in [0.2, 0.25) is 0 Å². The van der Waals surface area contributed by atoms with Crippen LogP contribution in [0.1, 0.15) is 52.3 Å². The molecule has 0 unspecified atom stereocenters. The quantitative estimate of drug-likeness (QED) is 0.815. The Morgan fingerprint density at radius 3 is 2.63 bits per heavy atom. The summed E-state index contributed by atoms with van der Waals surface area (Å²) in [5.41, 5.74) is 1.99. The van der Waals surface area contributed by atoms with Gasteiger partial charge in [0.25, 0.3) is 0 Å². The monoisotopic (exact) mass is 264 g/mol. The molecule has 0 atom stereocenters. The number of ether oxygens (including phenoxy) is 1. The van der Waals surface area contributed by atoms with Crippen LogP contribution in [0.3, 0.4) is 0 Å². The molecule has 1 heterocycles. The van der Waals surface area contributed by atoms with Crippen molar-refractivity contribution in [1.29, 1.82) is 0 Å². The summed E-state index contributed by atoms with van der Waals surface area (Å²) < 4.78 is 6.14. The van der Waals surface area contributed by atoms with Gasteiger partial charge in [-0.2, -0.15) is 0 Å². The van der Waals surface area contributed by atoms with Crippen LogP contribution < -0.4 is 10.1 Å². The highest BCUT2D eigenvalue weighted by molar-refractivity contribution is 5.33. The minimum Gasteiger partial charge on any atom is -0.487 e. The summed E-state index contributed by atoms with van der Waals surface area (Å²) in [6.07, 6.45) is 2.90. The van der Waals surface area contributed by atoms with E-state index in [1.165, 1.54) is 0 Å². The van der Waals surface area contributed by atoms with Crippen molar-refractivity contribution < 1.29 is 4.74 Å². The SMILES string of the molecule is CCC(C)(C)Oc1cc(C)ncc1CNCC(C)C. The number of aryl methyl sites for hydroxylation is 1. The fourth-order valence-electron chi connectivity index (χ4n) is 1.66. The van der Waals surface area contributed by atoms with Crippen LogP contribution in [-0.2, 0) is 6.54 Å². The van der Waals surface area contributed by atoms with E-state index in [4.69, 9.17) is 4.74 Å². The van der Waals surface area contributed by atoms with Gasteiger partial charge in [-0.3, -0.25) is 4.98 Å². The van der Waals surface area contributed by atoms with E-state index >= 15 is 0 Å². The number of aromatic nitrogens is 1. The van der Waals surface area contributed by atoms with Crippen molar-refractivity contribution >= 4 is 0 Å². The maximum absolute atomic E-state index is 6.14. The smallest absolute Gasteiger partial charge is 0.127 e. The van der Waals surface area contributed by atoms with Crippen molar-refractivity contribution in [3.05, 3.63) is 23.5 Å². The molecule has 0 radical (unpaired) electrons. The minimum atomic E-state index is -0.138. The summed E-state index contributed by atoms with van der Waals surface area (Å²) >= 11 is 0. The minimum absolute atomic E-state index is 0.138. The van der Waals surface area contributed by atoms with Gasteiger partial charge in [-0.15, -0.1) is 0 Å². The van der Waals surface area contributed by atoms with E-state index in [0.29, 0.717) is 5.92 Å². The Morgan fingerprint density at radius 2 is 2.05 bits per heavy atom. The molecule has 0 saturated heterocycles. The molecule has 1 rings (SSSR count). The van der Waals surface area contributed by atoms with Crippen LogP contribution in [0.25, 0.3) is 0 Å². The molecule has 3 heteroatoms. The molecule has 0 aliphatic carbocycles. The van der Waals surface area contributed by atoms with E-state index in [9.17, 15) is 0 Å². The number of hydrogen-bond donors (Lipinski definition) is 1. The third kappa shape index (κ3) is 5.60. The van der Waals surface area contributed by atoms with Crippen molar-refractivity contribution in [1.82, 2.24) is 10.3 Å². The first kappa shape index (κ1) is 16.0. The summed E-state index contributed by atoms with van der Waals surface area (Å²) in [5.74, 6) is 1.60. The molecule has 108 valence electrons. The van der Waals surface area contributed by atoms with Gasteiger partial charge in [-0.05, 0) is 39.7 Å². The molecule has 0 aliphatic heterocycles. The standard InChI is InChI=1S/C16H28N2O/c1-7-16(5,6)19-15-8-13(4)18-11-14(15)10-17-9-12(2)3/h8,11-12,17H,7,9-10H2,1-6H3. The lowest BCUT2D eigenvalue weighted by molar-refractivity contribution is 0.103. The Kier molecular flexibility index (Phi) is 5.80. The van der Waals surface area contributed by atoms with E-state index in [1.54, 1.807) is 0 Å². The van der Waals surface area contributed by atoms with E-state index in [0.717, 1.165) is 36.5 Å². The van der Waals surface area contributed by atoms with Crippen LogP contribution in [0.15, 0.2) is 12.3 Å². The molecular formula is C16H28N2O. The number of nitrogens with one attached hydrogen (secondary N) is 1. The lowest BCUT2D eigenvalue weighted by Crippen LogP contribution is -2.28. The predicted molar refractivity (Wildman–Crippen MR) is 80.5 cm³/mol. The van der Waals surface area contributed by atoms with Crippen LogP contribution in [0.5, 0.6) is 5.75 Å². The van der Waals surface area contributed by atoms with Crippen molar-refractivity contribution in [2.45, 2.75) is 60.1 Å². The van der Waals surface area contributed by atoms with Crippen LogP contribution >= 0.6 is 0 Å². The average molecular weight is 264 g/mol. The number of nitrogens with zero attached hydrogens (tertiary/aromatic N) is 1. The van der Waals surface area contributed by atoms with Gasteiger partial charge < -0.3 is 10.1 Å². The molecule has 1 aromatic rings. The summed E-state index contributed by atoms with van der Waals surface area (Å²) in [4.78, 5) is 4.37. The normalized spacial score (nSPS) is 11.9. The molecule has 0 aliphatic rings. The molecule has 1 N–H and O–H groups in total. The third-order valence-electron chi connectivity index (χ3n) is 3.19. The van der Waals surface area contributed by atoms with Gasteiger partial charge in [0.1, 0.15) is 11.4 Å². The van der Waals surface area contributed by atoms with Gasteiger partial charge in [-0.1, -0.05) is 20.8 Å². The first-order valence-corrected chi connectivity index (χ1v) is 7.19. The number of pyridine rings is 1. The fraction of sp³-hybridized carbons (Fsp3) is 0.688. The van der Waals surface area contributed by atoms with Gasteiger partial charge in [0.05, 0.1) is 0 Å². The van der Waals surface area contributed by atoms with E-state index in [-0.39, 0.29) is 5.60 Å². The average Bonchev–Trinajstić information content (AvgIpc) is 2.31. The Bertz CT molecular complexity index is 400. The molecule has 0 fully saturated rings. The Hall–Kier alpha value is -1.09. The van der Waals surface area contributed by atoms with Crippen molar-refractivity contribution in [3.8, 4) is 5.75 Å². The third-order valence-corrected chi connectivity index (χ3v) is 3.19. The highest BCUT2D eigenvalue weighted by atomic mass is 16.5. The predicted octanol–water partition coefficient (Wildman–Crippen LogP) is 3.70. The molecule has 0 aromatic carbocycles. The molecule has 19 heavy (non-hydrogen) atoms. The van der Waals surface area contributed by atoms with Gasteiger partial charge in [-0.25, -0.2) is 0 Å². The van der Waals surface area contributed by atoms with Gasteiger partial charge in [0.15, 0.2) is 0 Å². The van der Waals surface area contributed by atoms with Gasteiger partial charge >= 0.3 is 0 Å². The lowest BCUT2D eigenvalue weighted by Gasteiger charge is -2.26. The van der Waals surface area contributed by atoms with Gasteiger partial charge in [0.2, 0.25) is 0 Å². The summed E-state index contributed by atoms with van der Waals surface area (Å²) in [7, 11) is 0. The molecule has 0 bridgehead atoms. The molecular weight excluding hydrogens is 236 g/mol. The number of rotatable bonds is 7.